The van der Waals surface area contributed by atoms with E-state index >= 15 is 0 Å². The zero-order valence-electron chi connectivity index (χ0n) is 9.05. The Morgan fingerprint density at radius 2 is 1.62 bits per heavy atom. The third-order valence-electron chi connectivity index (χ3n) is 2.46. The molecule has 0 bridgehead atoms. The average molecular weight is 317 g/mol. The van der Waals surface area contributed by atoms with Gasteiger partial charge in [0.1, 0.15) is 0 Å². The molecule has 0 heterocycles. The third kappa shape index (κ3) is 3.52. The molecule has 1 aromatic rings. The fourth-order valence-corrected chi connectivity index (χ4v) is 3.76. The summed E-state index contributed by atoms with van der Waals surface area (Å²) in [6, 6.07) is 9.88. The van der Waals surface area contributed by atoms with E-state index in [-0.39, 0.29) is 0 Å². The van der Waals surface area contributed by atoms with E-state index in [4.69, 9.17) is 46.6 Å². The van der Waals surface area contributed by atoms with Gasteiger partial charge in [0.05, 0.1) is 0 Å². The van der Waals surface area contributed by atoms with E-state index in [1.165, 1.54) is 0 Å². The van der Waals surface area contributed by atoms with Crippen molar-refractivity contribution in [2.24, 2.45) is 0 Å². The normalized spacial score (nSPS) is 13.2. The molecule has 0 saturated heterocycles. The molecule has 1 nitrogen and oxygen atoms in total. The van der Waals surface area contributed by atoms with E-state index in [2.05, 4.69) is 0 Å². The minimum atomic E-state index is -2.30. The summed E-state index contributed by atoms with van der Waals surface area (Å²) in [6.45, 7) is 4.43. The average Bonchev–Trinajstić information content (AvgIpc) is 2.17. The predicted molar refractivity (Wildman–Crippen MR) is 75.6 cm³/mol. The molecule has 1 rings (SSSR count). The molecule has 6 heteroatoms. The molecular weight excluding hydrogens is 304 g/mol. The summed E-state index contributed by atoms with van der Waals surface area (Å²) >= 11 is 24.1. The highest BCUT2D eigenvalue weighted by atomic mass is 35.6. The van der Waals surface area contributed by atoms with Crippen molar-refractivity contribution in [3.8, 4) is 0 Å². The number of hydrogen-bond donors (Lipinski definition) is 0. The molecule has 0 saturated carbocycles. The van der Waals surface area contributed by atoms with E-state index in [1.54, 1.807) is 4.08 Å². The molecule has 0 radical (unpaired) electrons. The fraction of sp³-hybridized carbons (Fsp3) is 0.400. The molecule has 0 amide bonds. The lowest BCUT2D eigenvalue weighted by molar-refractivity contribution is 0.648. The standard InChI is InChI=1S/C10H13Cl4NSi/c1-16(2,10(11,12)13)15(14)8-9-6-4-3-5-7-9/h3-7H,8H2,1-2H3. The summed E-state index contributed by atoms with van der Waals surface area (Å²) in [6.07, 6.45) is 0. The van der Waals surface area contributed by atoms with Crippen molar-refractivity contribution in [1.29, 1.82) is 0 Å². The van der Waals surface area contributed by atoms with Gasteiger partial charge < -0.3 is 0 Å². The van der Waals surface area contributed by atoms with Gasteiger partial charge in [-0.3, -0.25) is 0 Å². The van der Waals surface area contributed by atoms with Crippen LogP contribution in [0.1, 0.15) is 5.56 Å². The number of halogens is 4. The molecular formula is C10H13Cl4NSi. The topological polar surface area (TPSA) is 3.24 Å². The predicted octanol–water partition coefficient (Wildman–Crippen LogP) is 4.76. The Bertz CT molecular complexity index is 336. The van der Waals surface area contributed by atoms with Gasteiger partial charge in [-0.05, 0) is 17.3 Å². The Balaban J connectivity index is 2.76. The summed E-state index contributed by atoms with van der Waals surface area (Å²) in [4.78, 5) is 0. The van der Waals surface area contributed by atoms with Crippen LogP contribution in [-0.4, -0.2) is 15.7 Å². The summed E-state index contributed by atoms with van der Waals surface area (Å²) in [5, 5.41) is 0. The first kappa shape index (κ1) is 14.6. The highest BCUT2D eigenvalue weighted by Crippen LogP contribution is 2.40. The molecule has 0 atom stereocenters. The highest BCUT2D eigenvalue weighted by Gasteiger charge is 2.47. The third-order valence-corrected chi connectivity index (χ3v) is 10.8. The molecule has 0 N–H and O–H groups in total. The molecule has 0 spiro atoms. The molecule has 0 aliphatic carbocycles. The first-order valence-corrected chi connectivity index (χ1v) is 9.21. The van der Waals surface area contributed by atoms with Crippen LogP contribution in [0.4, 0.5) is 0 Å². The van der Waals surface area contributed by atoms with Crippen molar-refractivity contribution in [3.63, 3.8) is 0 Å². The van der Waals surface area contributed by atoms with E-state index in [0.717, 1.165) is 5.56 Å². The monoisotopic (exact) mass is 315 g/mol. The molecule has 1 aromatic carbocycles. The van der Waals surface area contributed by atoms with Crippen molar-refractivity contribution in [3.05, 3.63) is 35.9 Å². The zero-order valence-corrected chi connectivity index (χ0v) is 13.1. The first-order chi connectivity index (χ1) is 7.25. The van der Waals surface area contributed by atoms with Crippen LogP contribution < -0.4 is 0 Å². The second kappa shape index (κ2) is 5.47. The lowest BCUT2D eigenvalue weighted by Gasteiger charge is -2.36. The van der Waals surface area contributed by atoms with Gasteiger partial charge in [0.25, 0.3) is 0 Å². The summed E-state index contributed by atoms with van der Waals surface area (Å²) in [5.74, 6) is 0. The molecule has 0 aliphatic heterocycles. The van der Waals surface area contributed by atoms with Crippen molar-refractivity contribution in [2.45, 2.75) is 23.1 Å². The van der Waals surface area contributed by atoms with E-state index in [0.29, 0.717) is 6.54 Å². The van der Waals surface area contributed by atoms with Crippen molar-refractivity contribution >= 4 is 54.8 Å². The second-order valence-corrected chi connectivity index (χ2v) is 12.4. The molecule has 16 heavy (non-hydrogen) atoms. The van der Waals surface area contributed by atoms with Crippen molar-refractivity contribution in [2.75, 3.05) is 0 Å². The number of hydrogen-bond acceptors (Lipinski definition) is 1. The largest absolute Gasteiger partial charge is 0.233 e. The Morgan fingerprint density at radius 3 is 2.06 bits per heavy atom. The zero-order chi connectivity index (χ0) is 12.4. The maximum absolute atomic E-state index is 6.23. The first-order valence-electron chi connectivity index (χ1n) is 4.79. The lowest BCUT2D eigenvalue weighted by Crippen LogP contribution is -2.53. The van der Waals surface area contributed by atoms with Crippen LogP contribution in [0.25, 0.3) is 0 Å². The van der Waals surface area contributed by atoms with Crippen molar-refractivity contribution < 1.29 is 0 Å². The highest BCUT2D eigenvalue weighted by molar-refractivity contribution is 7.03. The van der Waals surface area contributed by atoms with Crippen LogP contribution in [0.15, 0.2) is 30.3 Å². The Labute approximate surface area is 117 Å². The smallest absolute Gasteiger partial charge is 0.199 e. The number of rotatable bonds is 3. The van der Waals surface area contributed by atoms with E-state index in [1.807, 2.05) is 43.4 Å². The van der Waals surface area contributed by atoms with E-state index in [9.17, 15) is 0 Å². The molecule has 0 aliphatic rings. The fourth-order valence-electron chi connectivity index (χ4n) is 1.08. The van der Waals surface area contributed by atoms with Gasteiger partial charge in [-0.1, -0.05) is 78.2 Å². The van der Waals surface area contributed by atoms with Gasteiger partial charge in [-0.25, -0.2) is 4.08 Å². The van der Waals surface area contributed by atoms with E-state index < -0.39 is 11.7 Å². The second-order valence-electron chi connectivity index (χ2n) is 4.06. The van der Waals surface area contributed by atoms with Gasteiger partial charge in [-0.2, -0.15) is 0 Å². The van der Waals surface area contributed by atoms with Crippen molar-refractivity contribution in [1.82, 2.24) is 4.08 Å². The maximum atomic E-state index is 6.23. The van der Waals surface area contributed by atoms with Gasteiger partial charge in [0.15, 0.2) is 11.7 Å². The Morgan fingerprint density at radius 1 is 1.12 bits per heavy atom. The summed E-state index contributed by atoms with van der Waals surface area (Å²) in [5.41, 5.74) is 1.10. The van der Waals surface area contributed by atoms with Gasteiger partial charge in [0.2, 0.25) is 0 Å². The Hall–Kier alpha value is 0.557. The van der Waals surface area contributed by atoms with Gasteiger partial charge >= 0.3 is 0 Å². The molecule has 90 valence electrons. The van der Waals surface area contributed by atoms with Crippen LogP contribution in [0, 0.1) is 0 Å². The quantitative estimate of drug-likeness (QED) is 0.441. The minimum absolute atomic E-state index is 0.579. The molecule has 0 fully saturated rings. The Kier molecular flexibility index (Phi) is 4.99. The summed E-state index contributed by atoms with van der Waals surface area (Å²) < 4.78 is 0.346. The molecule has 0 aromatic heterocycles. The maximum Gasteiger partial charge on any atom is 0.199 e. The van der Waals surface area contributed by atoms with Crippen LogP contribution in [0.2, 0.25) is 13.1 Å². The van der Waals surface area contributed by atoms with Gasteiger partial charge in [0, 0.05) is 6.54 Å². The van der Waals surface area contributed by atoms with Gasteiger partial charge in [-0.15, -0.1) is 0 Å². The number of benzene rings is 1. The minimum Gasteiger partial charge on any atom is -0.233 e. The summed E-state index contributed by atoms with van der Waals surface area (Å²) in [7, 11) is -2.30. The SMILES string of the molecule is C[Si](C)(N(Cl)Cc1ccccc1)C(Cl)(Cl)Cl. The lowest BCUT2D eigenvalue weighted by atomic mass is 10.2. The number of alkyl halides is 3. The van der Waals surface area contributed by atoms with Crippen LogP contribution >= 0.6 is 46.6 Å². The van der Waals surface area contributed by atoms with Crippen LogP contribution in [0.3, 0.4) is 0 Å². The number of nitrogens with zero attached hydrogens (tertiary/aromatic N) is 1. The van der Waals surface area contributed by atoms with Crippen LogP contribution in [-0.2, 0) is 6.54 Å². The molecule has 0 unspecified atom stereocenters. The van der Waals surface area contributed by atoms with Crippen LogP contribution in [0.5, 0.6) is 0 Å².